The number of aliphatic hydroxyl groups is 2. The van der Waals surface area contributed by atoms with Crippen LogP contribution in [0, 0.1) is 0 Å². The van der Waals surface area contributed by atoms with Gasteiger partial charge in [0.2, 0.25) is 0 Å². The van der Waals surface area contributed by atoms with Crippen LogP contribution in [0.15, 0.2) is 24.4 Å². The Hall–Kier alpha value is -0.970. The molecule has 102 valence electrons. The van der Waals surface area contributed by atoms with Crippen molar-refractivity contribution in [1.29, 1.82) is 0 Å². The van der Waals surface area contributed by atoms with Gasteiger partial charge in [0.25, 0.3) is 0 Å². The van der Waals surface area contributed by atoms with E-state index in [0.717, 1.165) is 5.69 Å². The summed E-state index contributed by atoms with van der Waals surface area (Å²) in [5.74, 6) is 0. The summed E-state index contributed by atoms with van der Waals surface area (Å²) in [4.78, 5) is 6.29. The Morgan fingerprint density at radius 2 is 1.61 bits per heavy atom. The van der Waals surface area contributed by atoms with Crippen molar-refractivity contribution in [3.8, 4) is 0 Å². The van der Waals surface area contributed by atoms with Crippen molar-refractivity contribution in [2.45, 2.75) is 45.4 Å². The molecule has 1 rings (SSSR count). The zero-order chi connectivity index (χ0) is 13.8. The number of pyridine rings is 1. The molecule has 0 aliphatic rings. The SMILES string of the molecule is CC(C)(O)CN(Cc1ccccn1)CC(C)(C)O. The molecule has 0 amide bonds. The first-order valence-electron chi connectivity index (χ1n) is 6.23. The van der Waals surface area contributed by atoms with Crippen molar-refractivity contribution in [3.63, 3.8) is 0 Å². The van der Waals surface area contributed by atoms with E-state index in [1.54, 1.807) is 33.9 Å². The van der Waals surface area contributed by atoms with Gasteiger partial charge in [-0.15, -0.1) is 0 Å². The molecule has 1 aromatic heterocycles. The standard InChI is InChI=1S/C14H24N2O2/c1-13(2,17)10-16(11-14(3,4)18)9-12-7-5-6-8-15-12/h5-8,17-18H,9-11H2,1-4H3. The zero-order valence-corrected chi connectivity index (χ0v) is 11.7. The van der Waals surface area contributed by atoms with Gasteiger partial charge in [0.1, 0.15) is 0 Å². The summed E-state index contributed by atoms with van der Waals surface area (Å²) >= 11 is 0. The van der Waals surface area contributed by atoms with Crippen molar-refractivity contribution in [1.82, 2.24) is 9.88 Å². The van der Waals surface area contributed by atoms with Gasteiger partial charge in [-0.2, -0.15) is 0 Å². The van der Waals surface area contributed by atoms with Crippen LogP contribution in [0.5, 0.6) is 0 Å². The van der Waals surface area contributed by atoms with Gasteiger partial charge in [0, 0.05) is 25.8 Å². The number of hydrogen-bond acceptors (Lipinski definition) is 4. The third-order valence-corrected chi connectivity index (χ3v) is 2.33. The minimum atomic E-state index is -0.792. The normalized spacial score (nSPS) is 13.1. The van der Waals surface area contributed by atoms with Gasteiger partial charge in [-0.1, -0.05) is 6.07 Å². The van der Waals surface area contributed by atoms with Crippen LogP contribution in [-0.4, -0.2) is 44.4 Å². The molecule has 2 N–H and O–H groups in total. The van der Waals surface area contributed by atoms with Gasteiger partial charge in [0.15, 0.2) is 0 Å². The minimum absolute atomic E-state index is 0.494. The Morgan fingerprint density at radius 1 is 1.06 bits per heavy atom. The number of hydrogen-bond donors (Lipinski definition) is 2. The molecule has 0 atom stereocenters. The third kappa shape index (κ3) is 6.69. The topological polar surface area (TPSA) is 56.6 Å². The fraction of sp³-hybridized carbons (Fsp3) is 0.643. The summed E-state index contributed by atoms with van der Waals surface area (Å²) in [5.41, 5.74) is -0.647. The van der Waals surface area contributed by atoms with E-state index in [1.807, 2.05) is 23.1 Å². The summed E-state index contributed by atoms with van der Waals surface area (Å²) in [6.45, 7) is 8.67. The van der Waals surface area contributed by atoms with E-state index < -0.39 is 11.2 Å². The molecule has 0 aliphatic heterocycles. The van der Waals surface area contributed by atoms with Crippen LogP contribution in [0.1, 0.15) is 33.4 Å². The van der Waals surface area contributed by atoms with Crippen LogP contribution in [0.4, 0.5) is 0 Å². The fourth-order valence-corrected chi connectivity index (χ4v) is 1.98. The summed E-state index contributed by atoms with van der Waals surface area (Å²) < 4.78 is 0. The Labute approximate surface area is 109 Å². The molecular formula is C14H24N2O2. The molecule has 0 fully saturated rings. The summed E-state index contributed by atoms with van der Waals surface area (Å²) in [6, 6.07) is 5.76. The van der Waals surface area contributed by atoms with E-state index in [0.29, 0.717) is 19.6 Å². The average Bonchev–Trinajstić information content (AvgIpc) is 2.13. The lowest BCUT2D eigenvalue weighted by Gasteiger charge is -2.33. The molecule has 0 saturated carbocycles. The highest BCUT2D eigenvalue weighted by Crippen LogP contribution is 2.13. The number of rotatable bonds is 6. The molecule has 1 aromatic rings. The summed E-state index contributed by atoms with van der Waals surface area (Å²) in [7, 11) is 0. The first-order valence-corrected chi connectivity index (χ1v) is 6.23. The van der Waals surface area contributed by atoms with E-state index in [-0.39, 0.29) is 0 Å². The van der Waals surface area contributed by atoms with Crippen molar-refractivity contribution in [3.05, 3.63) is 30.1 Å². The van der Waals surface area contributed by atoms with Gasteiger partial charge >= 0.3 is 0 Å². The third-order valence-electron chi connectivity index (χ3n) is 2.33. The second-order valence-corrected chi connectivity index (χ2v) is 6.09. The molecule has 0 unspecified atom stereocenters. The van der Waals surface area contributed by atoms with Gasteiger partial charge in [-0.3, -0.25) is 9.88 Å². The lowest BCUT2D eigenvalue weighted by atomic mass is 10.1. The monoisotopic (exact) mass is 252 g/mol. The van der Waals surface area contributed by atoms with Gasteiger partial charge in [-0.25, -0.2) is 0 Å². The quantitative estimate of drug-likeness (QED) is 0.804. The van der Waals surface area contributed by atoms with Crippen LogP contribution >= 0.6 is 0 Å². The second-order valence-electron chi connectivity index (χ2n) is 6.09. The summed E-state index contributed by atoms with van der Waals surface area (Å²) in [6.07, 6.45) is 1.75. The van der Waals surface area contributed by atoms with Crippen molar-refractivity contribution < 1.29 is 10.2 Å². The van der Waals surface area contributed by atoms with Crippen LogP contribution in [0.3, 0.4) is 0 Å². The minimum Gasteiger partial charge on any atom is -0.389 e. The fourth-order valence-electron chi connectivity index (χ4n) is 1.98. The molecule has 0 saturated heterocycles. The first kappa shape index (κ1) is 15.1. The molecule has 0 aromatic carbocycles. The Kier molecular flexibility index (Phi) is 4.85. The molecule has 1 heterocycles. The molecule has 4 nitrogen and oxygen atoms in total. The largest absolute Gasteiger partial charge is 0.389 e. The maximum atomic E-state index is 9.92. The number of nitrogens with zero attached hydrogens (tertiary/aromatic N) is 2. The Morgan fingerprint density at radius 3 is 2.00 bits per heavy atom. The van der Waals surface area contributed by atoms with Gasteiger partial charge in [0.05, 0.1) is 16.9 Å². The van der Waals surface area contributed by atoms with Crippen molar-refractivity contribution in [2.75, 3.05) is 13.1 Å². The van der Waals surface area contributed by atoms with Crippen LogP contribution < -0.4 is 0 Å². The summed E-state index contributed by atoms with van der Waals surface area (Å²) in [5, 5.41) is 19.8. The Bertz CT molecular complexity index is 336. The molecule has 0 bridgehead atoms. The van der Waals surface area contributed by atoms with Crippen molar-refractivity contribution >= 4 is 0 Å². The van der Waals surface area contributed by atoms with Crippen LogP contribution in [-0.2, 0) is 6.54 Å². The molecule has 0 radical (unpaired) electrons. The van der Waals surface area contributed by atoms with E-state index in [9.17, 15) is 10.2 Å². The van der Waals surface area contributed by atoms with Gasteiger partial charge < -0.3 is 10.2 Å². The lowest BCUT2D eigenvalue weighted by molar-refractivity contribution is -0.0109. The second kappa shape index (κ2) is 5.78. The molecular weight excluding hydrogens is 228 g/mol. The maximum absolute atomic E-state index is 9.92. The lowest BCUT2D eigenvalue weighted by Crippen LogP contribution is -2.45. The molecule has 18 heavy (non-hydrogen) atoms. The average molecular weight is 252 g/mol. The highest BCUT2D eigenvalue weighted by molar-refractivity contribution is 5.03. The molecule has 0 spiro atoms. The van der Waals surface area contributed by atoms with E-state index in [1.165, 1.54) is 0 Å². The molecule has 0 aliphatic carbocycles. The highest BCUT2D eigenvalue weighted by Gasteiger charge is 2.24. The van der Waals surface area contributed by atoms with Crippen molar-refractivity contribution in [2.24, 2.45) is 0 Å². The number of aromatic nitrogens is 1. The predicted molar refractivity (Wildman–Crippen MR) is 72.1 cm³/mol. The van der Waals surface area contributed by atoms with E-state index in [2.05, 4.69) is 4.98 Å². The van der Waals surface area contributed by atoms with E-state index in [4.69, 9.17) is 0 Å². The van der Waals surface area contributed by atoms with Gasteiger partial charge in [-0.05, 0) is 39.8 Å². The smallest absolute Gasteiger partial charge is 0.0718 e. The van der Waals surface area contributed by atoms with Crippen LogP contribution in [0.25, 0.3) is 0 Å². The van der Waals surface area contributed by atoms with E-state index >= 15 is 0 Å². The maximum Gasteiger partial charge on any atom is 0.0718 e. The Balaban J connectivity index is 2.72. The zero-order valence-electron chi connectivity index (χ0n) is 11.7. The highest BCUT2D eigenvalue weighted by atomic mass is 16.3. The molecule has 4 heteroatoms. The predicted octanol–water partition coefficient (Wildman–Crippen LogP) is 1.43. The first-order chi connectivity index (χ1) is 8.16. The van der Waals surface area contributed by atoms with Crippen LogP contribution in [0.2, 0.25) is 0 Å².